The van der Waals surface area contributed by atoms with Crippen LogP contribution in [0.25, 0.3) is 0 Å². The minimum absolute atomic E-state index is 0.106. The van der Waals surface area contributed by atoms with Gasteiger partial charge < -0.3 is 10.1 Å². The normalized spacial score (nSPS) is 11.9. The molecule has 0 amide bonds. The highest BCUT2D eigenvalue weighted by atomic mass is 16.5. The highest BCUT2D eigenvalue weighted by Gasteiger charge is 2.04. The van der Waals surface area contributed by atoms with Gasteiger partial charge in [-0.05, 0) is 30.5 Å². The van der Waals surface area contributed by atoms with E-state index in [0.29, 0.717) is 0 Å². The van der Waals surface area contributed by atoms with Crippen molar-refractivity contribution in [2.45, 2.75) is 26.8 Å². The first-order valence-electron chi connectivity index (χ1n) is 5.95. The SMILES string of the molecule is CCC(C#N)CNCc1ccc(OC)c(C)c1. The summed E-state index contributed by atoms with van der Waals surface area (Å²) in [6, 6.07) is 8.42. The second-order valence-electron chi connectivity index (χ2n) is 4.17. The fourth-order valence-electron chi connectivity index (χ4n) is 1.72. The molecule has 0 fully saturated rings. The Kier molecular flexibility index (Phi) is 5.51. The van der Waals surface area contributed by atoms with Crippen LogP contribution < -0.4 is 10.1 Å². The number of aryl methyl sites for hydroxylation is 1. The van der Waals surface area contributed by atoms with Gasteiger partial charge in [0.15, 0.2) is 0 Å². The third-order valence-corrected chi connectivity index (χ3v) is 2.85. The van der Waals surface area contributed by atoms with Crippen LogP contribution in [-0.4, -0.2) is 13.7 Å². The molecule has 0 heterocycles. The van der Waals surface area contributed by atoms with E-state index in [0.717, 1.165) is 30.8 Å². The number of rotatable bonds is 6. The second kappa shape index (κ2) is 6.93. The van der Waals surface area contributed by atoms with Gasteiger partial charge in [-0.3, -0.25) is 0 Å². The summed E-state index contributed by atoms with van der Waals surface area (Å²) < 4.78 is 5.21. The summed E-state index contributed by atoms with van der Waals surface area (Å²) in [4.78, 5) is 0. The summed E-state index contributed by atoms with van der Waals surface area (Å²) >= 11 is 0. The molecule has 92 valence electrons. The van der Waals surface area contributed by atoms with Crippen molar-refractivity contribution in [1.82, 2.24) is 5.32 Å². The van der Waals surface area contributed by atoms with Crippen LogP contribution in [0.2, 0.25) is 0 Å². The van der Waals surface area contributed by atoms with Crippen molar-refractivity contribution < 1.29 is 4.74 Å². The quantitative estimate of drug-likeness (QED) is 0.820. The van der Waals surface area contributed by atoms with E-state index >= 15 is 0 Å². The Bertz CT molecular complexity index is 396. The number of nitrogens with one attached hydrogen (secondary N) is 1. The van der Waals surface area contributed by atoms with Gasteiger partial charge in [-0.2, -0.15) is 5.26 Å². The number of benzene rings is 1. The first-order valence-corrected chi connectivity index (χ1v) is 5.95. The summed E-state index contributed by atoms with van der Waals surface area (Å²) in [6.07, 6.45) is 0.894. The molecule has 1 rings (SSSR count). The van der Waals surface area contributed by atoms with Gasteiger partial charge in [-0.1, -0.05) is 19.1 Å². The molecular weight excluding hydrogens is 212 g/mol. The van der Waals surface area contributed by atoms with Gasteiger partial charge >= 0.3 is 0 Å². The van der Waals surface area contributed by atoms with E-state index in [1.54, 1.807) is 7.11 Å². The fraction of sp³-hybridized carbons (Fsp3) is 0.500. The number of nitriles is 1. The van der Waals surface area contributed by atoms with E-state index in [1.165, 1.54) is 5.56 Å². The smallest absolute Gasteiger partial charge is 0.121 e. The molecule has 0 saturated heterocycles. The van der Waals surface area contributed by atoms with Gasteiger partial charge in [0.2, 0.25) is 0 Å². The first kappa shape index (κ1) is 13.5. The van der Waals surface area contributed by atoms with Crippen LogP contribution in [0.1, 0.15) is 24.5 Å². The van der Waals surface area contributed by atoms with Crippen LogP contribution in [0.4, 0.5) is 0 Å². The average molecular weight is 232 g/mol. The van der Waals surface area contributed by atoms with E-state index < -0.39 is 0 Å². The van der Waals surface area contributed by atoms with Crippen molar-refractivity contribution in [2.75, 3.05) is 13.7 Å². The number of hydrogen-bond donors (Lipinski definition) is 1. The molecule has 3 nitrogen and oxygen atoms in total. The zero-order chi connectivity index (χ0) is 12.7. The molecule has 0 radical (unpaired) electrons. The summed E-state index contributed by atoms with van der Waals surface area (Å²) in [5, 5.41) is 12.1. The Hall–Kier alpha value is -1.53. The Morgan fingerprint density at radius 2 is 2.24 bits per heavy atom. The van der Waals surface area contributed by atoms with Crippen LogP contribution in [0.5, 0.6) is 5.75 Å². The Labute approximate surface area is 103 Å². The molecule has 0 aliphatic carbocycles. The monoisotopic (exact) mass is 232 g/mol. The van der Waals surface area contributed by atoms with E-state index in [4.69, 9.17) is 10.00 Å². The molecule has 0 spiro atoms. The van der Waals surface area contributed by atoms with Gasteiger partial charge in [-0.15, -0.1) is 0 Å². The molecule has 17 heavy (non-hydrogen) atoms. The van der Waals surface area contributed by atoms with E-state index in [-0.39, 0.29) is 5.92 Å². The zero-order valence-corrected chi connectivity index (χ0v) is 10.8. The lowest BCUT2D eigenvalue weighted by Crippen LogP contribution is -2.21. The maximum atomic E-state index is 8.83. The third kappa shape index (κ3) is 4.08. The Balaban J connectivity index is 2.48. The fourth-order valence-corrected chi connectivity index (χ4v) is 1.72. The summed E-state index contributed by atoms with van der Waals surface area (Å²) in [6.45, 7) is 5.61. The summed E-state index contributed by atoms with van der Waals surface area (Å²) in [5.41, 5.74) is 2.36. The van der Waals surface area contributed by atoms with Crippen molar-refractivity contribution in [3.63, 3.8) is 0 Å². The Morgan fingerprint density at radius 3 is 2.76 bits per heavy atom. The van der Waals surface area contributed by atoms with Crippen LogP contribution in [0.3, 0.4) is 0 Å². The van der Waals surface area contributed by atoms with Crippen molar-refractivity contribution in [3.05, 3.63) is 29.3 Å². The second-order valence-corrected chi connectivity index (χ2v) is 4.17. The molecule has 0 aliphatic heterocycles. The molecule has 3 heteroatoms. The van der Waals surface area contributed by atoms with Crippen LogP contribution in [0.15, 0.2) is 18.2 Å². The molecule has 0 saturated carbocycles. The van der Waals surface area contributed by atoms with Crippen LogP contribution in [0, 0.1) is 24.2 Å². The van der Waals surface area contributed by atoms with Gasteiger partial charge in [0.25, 0.3) is 0 Å². The van der Waals surface area contributed by atoms with Crippen molar-refractivity contribution >= 4 is 0 Å². The lowest BCUT2D eigenvalue weighted by molar-refractivity contribution is 0.411. The van der Waals surface area contributed by atoms with Gasteiger partial charge in [0, 0.05) is 13.1 Å². The maximum Gasteiger partial charge on any atom is 0.121 e. The van der Waals surface area contributed by atoms with E-state index in [2.05, 4.69) is 17.5 Å². The average Bonchev–Trinajstić information content (AvgIpc) is 2.35. The highest BCUT2D eigenvalue weighted by molar-refractivity contribution is 5.36. The topological polar surface area (TPSA) is 45.0 Å². The first-order chi connectivity index (χ1) is 8.21. The molecule has 1 unspecified atom stereocenters. The maximum absolute atomic E-state index is 8.83. The third-order valence-electron chi connectivity index (χ3n) is 2.85. The largest absolute Gasteiger partial charge is 0.496 e. The van der Waals surface area contributed by atoms with Gasteiger partial charge in [0.05, 0.1) is 19.1 Å². The molecule has 1 atom stereocenters. The van der Waals surface area contributed by atoms with Crippen LogP contribution in [-0.2, 0) is 6.54 Å². The van der Waals surface area contributed by atoms with Crippen molar-refractivity contribution in [1.29, 1.82) is 5.26 Å². The number of hydrogen-bond acceptors (Lipinski definition) is 3. The molecule has 1 aromatic rings. The Morgan fingerprint density at radius 1 is 1.47 bits per heavy atom. The standard InChI is InChI=1S/C14H20N2O/c1-4-12(8-15)9-16-10-13-5-6-14(17-3)11(2)7-13/h5-7,12,16H,4,9-10H2,1-3H3. The highest BCUT2D eigenvalue weighted by Crippen LogP contribution is 2.18. The molecule has 0 aromatic heterocycles. The summed E-state index contributed by atoms with van der Waals surface area (Å²) in [5.74, 6) is 1.02. The minimum Gasteiger partial charge on any atom is -0.496 e. The predicted octanol–water partition coefficient (Wildman–Crippen LogP) is 2.64. The summed E-state index contributed by atoms with van der Waals surface area (Å²) in [7, 11) is 1.68. The van der Waals surface area contributed by atoms with Crippen molar-refractivity contribution in [3.8, 4) is 11.8 Å². The predicted molar refractivity (Wildman–Crippen MR) is 68.8 cm³/mol. The number of methoxy groups -OCH3 is 1. The molecule has 0 aliphatic rings. The molecule has 1 N–H and O–H groups in total. The number of nitrogens with zero attached hydrogens (tertiary/aromatic N) is 1. The number of ether oxygens (including phenoxy) is 1. The zero-order valence-electron chi connectivity index (χ0n) is 10.8. The minimum atomic E-state index is 0.106. The van der Waals surface area contributed by atoms with E-state index in [9.17, 15) is 0 Å². The molecular formula is C14H20N2O. The van der Waals surface area contributed by atoms with Gasteiger partial charge in [0.1, 0.15) is 5.75 Å². The van der Waals surface area contributed by atoms with Crippen molar-refractivity contribution in [2.24, 2.45) is 5.92 Å². The lowest BCUT2D eigenvalue weighted by atomic mass is 10.1. The van der Waals surface area contributed by atoms with Crippen LogP contribution >= 0.6 is 0 Å². The molecule has 0 bridgehead atoms. The molecule has 1 aromatic carbocycles. The lowest BCUT2D eigenvalue weighted by Gasteiger charge is -2.10. The van der Waals surface area contributed by atoms with E-state index in [1.807, 2.05) is 26.0 Å². The van der Waals surface area contributed by atoms with Gasteiger partial charge in [-0.25, -0.2) is 0 Å².